The normalized spacial score (nSPS) is 44.5. The number of carbonyl (C=O) groups is 2. The minimum atomic E-state index is -1.28. The van der Waals surface area contributed by atoms with Crippen molar-refractivity contribution in [1.29, 1.82) is 0 Å². The lowest BCUT2D eigenvalue weighted by Gasteiger charge is -2.61. The lowest BCUT2D eigenvalue weighted by Crippen LogP contribution is -2.75. The minimum Gasteiger partial charge on any atom is -0.371 e. The van der Waals surface area contributed by atoms with Gasteiger partial charge in [-0.05, 0) is 91.4 Å². The van der Waals surface area contributed by atoms with Gasteiger partial charge < -0.3 is 35.2 Å². The number of ketones is 1. The maximum absolute atomic E-state index is 16.3. The number of hydrogen-bond acceptors (Lipinski definition) is 11. The Morgan fingerprint density at radius 2 is 1.86 bits per heavy atom. The summed E-state index contributed by atoms with van der Waals surface area (Å²) >= 11 is 0. The van der Waals surface area contributed by atoms with Gasteiger partial charge in [0.1, 0.15) is 6.17 Å². The molecule has 14 atom stereocenters. The van der Waals surface area contributed by atoms with Gasteiger partial charge in [0.25, 0.3) is 5.91 Å². The molecule has 1 amide bonds. The Labute approximate surface area is 294 Å². The number of rotatable bonds is 9. The Balaban J connectivity index is 1.03. The van der Waals surface area contributed by atoms with Crippen molar-refractivity contribution < 1.29 is 28.4 Å². The number of nitrogens with zero attached hydrogens (tertiary/aromatic N) is 4. The Bertz CT molecular complexity index is 1340. The second-order valence-corrected chi connectivity index (χ2v) is 16.6. The molecule has 5 aliphatic heterocycles. The van der Waals surface area contributed by atoms with Crippen LogP contribution in [0.3, 0.4) is 0 Å². The first-order valence-electron chi connectivity index (χ1n) is 19.5. The van der Waals surface area contributed by atoms with E-state index in [0.29, 0.717) is 57.3 Å². The van der Waals surface area contributed by atoms with E-state index in [4.69, 9.17) is 9.47 Å². The molecule has 5 heterocycles. The summed E-state index contributed by atoms with van der Waals surface area (Å²) in [4.78, 5) is 46.2. The standard InChI is InChI=1S/C36H56FN7O6/c1-20-5-3-13-42(20)14-11-39-36(46)24-19-43-28-18-30-27(40-26-8-7-22(44(47)48)15-29(26)49-30)17-31(28)50-35-32(25(37)16-23(33(35)43)34(24)45)38-10-9-21-6-4-12-41(21)2/h19-23,25-33,35,38,40H,3-18H2,1-2H3,(H,39,46). The minimum absolute atomic E-state index is 0.0113. The molecule has 0 aromatic carbocycles. The molecule has 7 fully saturated rings. The van der Waals surface area contributed by atoms with Crippen LogP contribution in [0.4, 0.5) is 4.39 Å². The molecule has 3 N–H and O–H groups in total. The van der Waals surface area contributed by atoms with Crippen LogP contribution in [0.25, 0.3) is 0 Å². The van der Waals surface area contributed by atoms with Gasteiger partial charge in [-0.1, -0.05) is 0 Å². The van der Waals surface area contributed by atoms with Crippen molar-refractivity contribution in [1.82, 2.24) is 30.7 Å². The highest BCUT2D eigenvalue weighted by molar-refractivity contribution is 6.20. The van der Waals surface area contributed by atoms with Crippen LogP contribution in [-0.4, -0.2) is 150 Å². The molecule has 4 saturated heterocycles. The number of halogens is 1. The van der Waals surface area contributed by atoms with Gasteiger partial charge in [0, 0.05) is 67.1 Å². The Kier molecular flexibility index (Phi) is 9.96. The van der Waals surface area contributed by atoms with E-state index >= 15 is 4.39 Å². The molecule has 0 aromatic heterocycles. The van der Waals surface area contributed by atoms with Gasteiger partial charge in [-0.3, -0.25) is 24.6 Å². The maximum atomic E-state index is 16.3. The quantitative estimate of drug-likeness (QED) is 0.183. The van der Waals surface area contributed by atoms with Gasteiger partial charge in [-0.25, -0.2) is 4.39 Å². The molecule has 0 radical (unpaired) electrons. The third kappa shape index (κ3) is 6.50. The van der Waals surface area contributed by atoms with E-state index in [1.54, 1.807) is 6.20 Å². The molecule has 3 saturated carbocycles. The van der Waals surface area contributed by atoms with Gasteiger partial charge in [-0.2, -0.15) is 0 Å². The highest BCUT2D eigenvalue weighted by Gasteiger charge is 2.60. The van der Waals surface area contributed by atoms with Crippen LogP contribution in [0.15, 0.2) is 11.8 Å². The SMILES string of the molecule is CC1CCCN1CCNC(=O)C1=CN2C3CC4OC5CC([N+](=O)[O-])CCC5NC4CC3OC3C(NCCC4CCCN4C)C(F)CC(C1=O)C32. The molecule has 8 rings (SSSR count). The molecule has 0 aromatic rings. The number of hydrogen-bond donors (Lipinski definition) is 3. The highest BCUT2D eigenvalue weighted by atomic mass is 19.1. The first kappa shape index (κ1) is 34.8. The van der Waals surface area contributed by atoms with Crippen molar-refractivity contribution in [2.45, 2.75) is 156 Å². The van der Waals surface area contributed by atoms with E-state index in [9.17, 15) is 19.7 Å². The van der Waals surface area contributed by atoms with Crippen molar-refractivity contribution in [3.05, 3.63) is 21.9 Å². The molecule has 0 spiro atoms. The summed E-state index contributed by atoms with van der Waals surface area (Å²) in [6.45, 7) is 6.16. The number of ether oxygens (including phenoxy) is 2. The molecular weight excluding hydrogens is 645 g/mol. The van der Waals surface area contributed by atoms with Crippen molar-refractivity contribution >= 4 is 11.7 Å². The van der Waals surface area contributed by atoms with Crippen molar-refractivity contribution in [3.63, 3.8) is 0 Å². The molecule has 50 heavy (non-hydrogen) atoms. The molecule has 8 aliphatic rings. The monoisotopic (exact) mass is 701 g/mol. The van der Waals surface area contributed by atoms with Crippen molar-refractivity contribution in [2.75, 3.05) is 39.8 Å². The number of Topliss-reactive ketones (excluding diaryl/α,β-unsaturated/α-hetero) is 1. The fourth-order valence-corrected chi connectivity index (χ4v) is 10.9. The fraction of sp³-hybridized carbons (Fsp3) is 0.889. The average molecular weight is 702 g/mol. The summed E-state index contributed by atoms with van der Waals surface area (Å²) in [6, 6.07) is -0.670. The van der Waals surface area contributed by atoms with E-state index in [-0.39, 0.29) is 59.1 Å². The van der Waals surface area contributed by atoms with E-state index in [1.165, 1.54) is 6.42 Å². The number of amides is 1. The van der Waals surface area contributed by atoms with Gasteiger partial charge >= 0.3 is 0 Å². The van der Waals surface area contributed by atoms with Gasteiger partial charge in [0.15, 0.2) is 5.78 Å². The predicted octanol–water partition coefficient (Wildman–Crippen LogP) is 1.38. The van der Waals surface area contributed by atoms with Gasteiger partial charge in [-0.15, -0.1) is 0 Å². The topological polar surface area (TPSA) is 142 Å². The van der Waals surface area contributed by atoms with Gasteiger partial charge in [0.2, 0.25) is 6.04 Å². The lowest BCUT2D eigenvalue weighted by atomic mass is 9.69. The molecule has 0 bridgehead atoms. The zero-order valence-corrected chi connectivity index (χ0v) is 29.6. The molecule has 14 heteroatoms. The number of morpholine rings is 2. The average Bonchev–Trinajstić information content (AvgIpc) is 3.71. The van der Waals surface area contributed by atoms with E-state index in [0.717, 1.165) is 45.3 Å². The largest absolute Gasteiger partial charge is 0.371 e. The smallest absolute Gasteiger partial charge is 0.256 e. The number of nitrogens with one attached hydrogen (secondary N) is 3. The molecule has 3 aliphatic carbocycles. The summed E-state index contributed by atoms with van der Waals surface area (Å²) in [5, 5.41) is 21.9. The first-order valence-corrected chi connectivity index (χ1v) is 19.5. The van der Waals surface area contributed by atoms with Crippen LogP contribution in [0, 0.1) is 16.0 Å². The Morgan fingerprint density at radius 1 is 1.04 bits per heavy atom. The number of likely N-dealkylation sites (tertiary alicyclic amines) is 2. The summed E-state index contributed by atoms with van der Waals surface area (Å²) in [7, 11) is 2.15. The fourth-order valence-electron chi connectivity index (χ4n) is 10.9. The number of alkyl halides is 1. The number of nitro groups is 1. The summed E-state index contributed by atoms with van der Waals surface area (Å²) in [5.74, 6) is -1.37. The number of carbonyl (C=O) groups excluding carboxylic acids is 2. The predicted molar refractivity (Wildman–Crippen MR) is 183 cm³/mol. The number of fused-ring (bicyclic) bond motifs is 4. The summed E-state index contributed by atoms with van der Waals surface area (Å²) in [6.07, 6.45) is 7.76. The maximum Gasteiger partial charge on any atom is 0.256 e. The molecule has 14 unspecified atom stereocenters. The molecule has 278 valence electrons. The zero-order chi connectivity index (χ0) is 34.7. The summed E-state index contributed by atoms with van der Waals surface area (Å²) in [5.41, 5.74) is 0.106. The third-order valence-corrected chi connectivity index (χ3v) is 13.7. The Morgan fingerprint density at radius 3 is 2.62 bits per heavy atom. The van der Waals surface area contributed by atoms with Crippen LogP contribution in [0.5, 0.6) is 0 Å². The second kappa shape index (κ2) is 14.3. The summed E-state index contributed by atoms with van der Waals surface area (Å²) < 4.78 is 29.9. The Hall–Kier alpha value is -2.23. The van der Waals surface area contributed by atoms with Crippen LogP contribution < -0.4 is 16.0 Å². The second-order valence-electron chi connectivity index (χ2n) is 16.6. The third-order valence-electron chi connectivity index (χ3n) is 13.7. The van der Waals surface area contributed by atoms with Crippen LogP contribution in [0.2, 0.25) is 0 Å². The van der Waals surface area contributed by atoms with Gasteiger partial charge in [0.05, 0.1) is 48.1 Å². The van der Waals surface area contributed by atoms with E-state index in [1.807, 2.05) is 0 Å². The van der Waals surface area contributed by atoms with E-state index in [2.05, 4.69) is 44.6 Å². The van der Waals surface area contributed by atoms with Crippen LogP contribution in [-0.2, 0) is 19.1 Å². The molecule has 13 nitrogen and oxygen atoms in total. The zero-order valence-electron chi connectivity index (χ0n) is 29.6. The highest BCUT2D eigenvalue weighted by Crippen LogP contribution is 2.47. The first-order chi connectivity index (χ1) is 24.2. The van der Waals surface area contributed by atoms with E-state index < -0.39 is 42.2 Å². The van der Waals surface area contributed by atoms with Crippen molar-refractivity contribution in [2.24, 2.45) is 5.92 Å². The van der Waals surface area contributed by atoms with Crippen LogP contribution >= 0.6 is 0 Å². The van der Waals surface area contributed by atoms with Crippen LogP contribution in [0.1, 0.15) is 77.6 Å². The lowest BCUT2D eigenvalue weighted by molar-refractivity contribution is -0.529. The molecular formula is C36H56FN7O6. The van der Waals surface area contributed by atoms with Crippen molar-refractivity contribution in [3.8, 4) is 0 Å².